The van der Waals surface area contributed by atoms with E-state index >= 15 is 0 Å². The van der Waals surface area contributed by atoms with Gasteiger partial charge in [-0.25, -0.2) is 0 Å². The quantitative estimate of drug-likeness (QED) is 0.880. The van der Waals surface area contributed by atoms with Gasteiger partial charge in [-0.2, -0.15) is 0 Å². The van der Waals surface area contributed by atoms with Crippen LogP contribution in [-0.2, 0) is 6.42 Å². The molecular weight excluding hydrogens is 242 g/mol. The highest BCUT2D eigenvalue weighted by Gasteiger charge is 2.13. The van der Waals surface area contributed by atoms with E-state index in [1.165, 1.54) is 4.88 Å². The number of hydrogen-bond donors (Lipinski definition) is 1. The second kappa shape index (κ2) is 5.36. The van der Waals surface area contributed by atoms with Crippen LogP contribution in [0.15, 0.2) is 29.6 Å². The van der Waals surface area contributed by atoms with Crippen molar-refractivity contribution in [2.75, 3.05) is 5.32 Å². The first-order valence-corrected chi connectivity index (χ1v) is 6.95. The van der Waals surface area contributed by atoms with Gasteiger partial charge in [-0.3, -0.25) is 4.79 Å². The van der Waals surface area contributed by atoms with Crippen molar-refractivity contribution in [3.05, 3.63) is 51.2 Å². The first kappa shape index (κ1) is 12.8. The van der Waals surface area contributed by atoms with Gasteiger partial charge in [-0.05, 0) is 37.5 Å². The standard InChI is InChI=1S/C15H17NOS/c1-4-12-7-5-6-8-14(12)16-15(17)13-9-18-11(3)10(13)2/h5-9H,4H2,1-3H3,(H,16,17). The molecule has 0 saturated carbocycles. The van der Waals surface area contributed by atoms with Crippen LogP contribution in [0.5, 0.6) is 0 Å². The molecule has 0 aliphatic heterocycles. The summed E-state index contributed by atoms with van der Waals surface area (Å²) in [5.41, 5.74) is 3.93. The molecule has 2 rings (SSSR count). The highest BCUT2D eigenvalue weighted by molar-refractivity contribution is 7.10. The number of amides is 1. The number of anilines is 1. The average Bonchev–Trinajstić information content (AvgIpc) is 2.71. The van der Waals surface area contributed by atoms with Gasteiger partial charge >= 0.3 is 0 Å². The van der Waals surface area contributed by atoms with E-state index in [1.807, 2.05) is 43.5 Å². The summed E-state index contributed by atoms with van der Waals surface area (Å²) in [6, 6.07) is 7.93. The highest BCUT2D eigenvalue weighted by Crippen LogP contribution is 2.23. The number of nitrogens with one attached hydrogen (secondary N) is 1. The molecule has 0 bridgehead atoms. The minimum atomic E-state index is -0.0160. The lowest BCUT2D eigenvalue weighted by Gasteiger charge is -2.09. The summed E-state index contributed by atoms with van der Waals surface area (Å²) < 4.78 is 0. The molecule has 1 aromatic heterocycles. The lowest BCUT2D eigenvalue weighted by molar-refractivity contribution is 0.102. The molecule has 1 aromatic carbocycles. The summed E-state index contributed by atoms with van der Waals surface area (Å²) in [4.78, 5) is 13.4. The van der Waals surface area contributed by atoms with E-state index in [9.17, 15) is 4.79 Å². The molecule has 2 nitrogen and oxygen atoms in total. The fourth-order valence-electron chi connectivity index (χ4n) is 1.88. The lowest BCUT2D eigenvalue weighted by atomic mass is 10.1. The van der Waals surface area contributed by atoms with Gasteiger partial charge in [0.2, 0.25) is 0 Å². The molecule has 0 aliphatic rings. The van der Waals surface area contributed by atoms with Crippen LogP contribution in [0, 0.1) is 13.8 Å². The van der Waals surface area contributed by atoms with Crippen LogP contribution in [-0.4, -0.2) is 5.91 Å². The molecule has 0 unspecified atom stereocenters. The van der Waals surface area contributed by atoms with Gasteiger partial charge in [0.1, 0.15) is 0 Å². The van der Waals surface area contributed by atoms with E-state index in [0.29, 0.717) is 0 Å². The van der Waals surface area contributed by atoms with Crippen LogP contribution < -0.4 is 5.32 Å². The van der Waals surface area contributed by atoms with Crippen molar-refractivity contribution in [2.45, 2.75) is 27.2 Å². The summed E-state index contributed by atoms with van der Waals surface area (Å²) in [5, 5.41) is 4.92. The third kappa shape index (κ3) is 2.46. The molecule has 94 valence electrons. The summed E-state index contributed by atoms with van der Waals surface area (Å²) in [6.45, 7) is 6.12. The van der Waals surface area contributed by atoms with Crippen LogP contribution >= 0.6 is 11.3 Å². The summed E-state index contributed by atoms with van der Waals surface area (Å²) in [7, 11) is 0. The van der Waals surface area contributed by atoms with Crippen molar-refractivity contribution in [2.24, 2.45) is 0 Å². The van der Waals surface area contributed by atoms with E-state index in [1.54, 1.807) is 11.3 Å². The molecule has 0 saturated heterocycles. The van der Waals surface area contributed by atoms with Crippen LogP contribution in [0.1, 0.15) is 33.3 Å². The lowest BCUT2D eigenvalue weighted by Crippen LogP contribution is -2.13. The zero-order valence-corrected chi connectivity index (χ0v) is 11.7. The van der Waals surface area contributed by atoms with Crippen molar-refractivity contribution in [1.82, 2.24) is 0 Å². The molecule has 1 amide bonds. The van der Waals surface area contributed by atoms with Gasteiger partial charge < -0.3 is 5.32 Å². The molecule has 18 heavy (non-hydrogen) atoms. The SMILES string of the molecule is CCc1ccccc1NC(=O)c1csc(C)c1C. The minimum Gasteiger partial charge on any atom is -0.322 e. The second-order valence-corrected chi connectivity index (χ2v) is 5.38. The monoisotopic (exact) mass is 259 g/mol. The van der Waals surface area contributed by atoms with Crippen LogP contribution in [0.25, 0.3) is 0 Å². The Morgan fingerprint density at radius 2 is 2.00 bits per heavy atom. The van der Waals surface area contributed by atoms with Gasteiger partial charge in [-0.15, -0.1) is 11.3 Å². The number of carbonyl (C=O) groups excluding carboxylic acids is 1. The smallest absolute Gasteiger partial charge is 0.256 e. The summed E-state index contributed by atoms with van der Waals surface area (Å²) in [5.74, 6) is -0.0160. The number of carbonyl (C=O) groups is 1. The molecule has 1 N–H and O–H groups in total. The molecular formula is C15H17NOS. The Hall–Kier alpha value is -1.61. The van der Waals surface area contributed by atoms with Crippen molar-refractivity contribution in [3.8, 4) is 0 Å². The van der Waals surface area contributed by atoms with Gasteiger partial charge in [0, 0.05) is 15.9 Å². The Bertz CT molecular complexity index is 572. The first-order valence-electron chi connectivity index (χ1n) is 6.07. The van der Waals surface area contributed by atoms with E-state index in [-0.39, 0.29) is 5.91 Å². The van der Waals surface area contributed by atoms with Crippen molar-refractivity contribution < 1.29 is 4.79 Å². The number of rotatable bonds is 3. The molecule has 3 heteroatoms. The zero-order valence-electron chi connectivity index (χ0n) is 10.9. The largest absolute Gasteiger partial charge is 0.322 e. The van der Waals surface area contributed by atoms with Gasteiger partial charge in [0.25, 0.3) is 5.91 Å². The Morgan fingerprint density at radius 1 is 1.28 bits per heavy atom. The maximum absolute atomic E-state index is 12.2. The number of para-hydroxylation sites is 1. The van der Waals surface area contributed by atoms with E-state index < -0.39 is 0 Å². The van der Waals surface area contributed by atoms with E-state index in [0.717, 1.165) is 28.8 Å². The van der Waals surface area contributed by atoms with E-state index in [4.69, 9.17) is 0 Å². The molecule has 0 radical (unpaired) electrons. The zero-order chi connectivity index (χ0) is 13.1. The van der Waals surface area contributed by atoms with Gasteiger partial charge in [-0.1, -0.05) is 25.1 Å². The molecule has 1 heterocycles. The van der Waals surface area contributed by atoms with Gasteiger partial charge in [0.15, 0.2) is 0 Å². The highest BCUT2D eigenvalue weighted by atomic mass is 32.1. The topological polar surface area (TPSA) is 29.1 Å². The third-order valence-electron chi connectivity index (χ3n) is 3.18. The van der Waals surface area contributed by atoms with Crippen molar-refractivity contribution in [1.29, 1.82) is 0 Å². The Labute approximate surface area is 112 Å². The fraction of sp³-hybridized carbons (Fsp3) is 0.267. The number of benzene rings is 1. The Morgan fingerprint density at radius 3 is 2.61 bits per heavy atom. The van der Waals surface area contributed by atoms with Gasteiger partial charge in [0.05, 0.1) is 5.56 Å². The van der Waals surface area contributed by atoms with Crippen LogP contribution in [0.3, 0.4) is 0 Å². The number of aryl methyl sites for hydroxylation is 2. The number of thiophene rings is 1. The first-order chi connectivity index (χ1) is 8.63. The van der Waals surface area contributed by atoms with Crippen LogP contribution in [0.2, 0.25) is 0 Å². The predicted octanol–water partition coefficient (Wildman–Crippen LogP) is 4.18. The third-order valence-corrected chi connectivity index (χ3v) is 4.19. The Kier molecular flexibility index (Phi) is 3.82. The predicted molar refractivity (Wildman–Crippen MR) is 77.6 cm³/mol. The maximum atomic E-state index is 12.2. The molecule has 2 aromatic rings. The number of hydrogen-bond acceptors (Lipinski definition) is 2. The summed E-state index contributed by atoms with van der Waals surface area (Å²) in [6.07, 6.45) is 0.915. The fourth-order valence-corrected chi connectivity index (χ4v) is 2.74. The van der Waals surface area contributed by atoms with E-state index in [2.05, 4.69) is 12.2 Å². The Balaban J connectivity index is 2.24. The van der Waals surface area contributed by atoms with Crippen LogP contribution in [0.4, 0.5) is 5.69 Å². The average molecular weight is 259 g/mol. The molecule has 0 fully saturated rings. The maximum Gasteiger partial charge on any atom is 0.256 e. The molecule has 0 spiro atoms. The summed E-state index contributed by atoms with van der Waals surface area (Å²) >= 11 is 1.62. The van der Waals surface area contributed by atoms with Crippen molar-refractivity contribution >= 4 is 22.9 Å². The van der Waals surface area contributed by atoms with Crippen molar-refractivity contribution in [3.63, 3.8) is 0 Å². The second-order valence-electron chi connectivity index (χ2n) is 4.30. The molecule has 0 aliphatic carbocycles. The molecule has 0 atom stereocenters. The normalized spacial score (nSPS) is 10.4. The minimum absolute atomic E-state index is 0.0160.